The van der Waals surface area contributed by atoms with Gasteiger partial charge >= 0.3 is 0 Å². The molecule has 0 aromatic heterocycles. The Morgan fingerprint density at radius 1 is 1.58 bits per heavy atom. The topological polar surface area (TPSA) is 62.2 Å². The lowest BCUT2D eigenvalue weighted by molar-refractivity contribution is -0.435. The minimum absolute atomic E-state index is 0.214. The lowest BCUT2D eigenvalue weighted by atomic mass is 10.3. The maximum Gasteiger partial charge on any atom is 0.274 e. The predicted octanol–water partition coefficient (Wildman–Crippen LogP) is 2.42. The second kappa shape index (κ2) is 3.69. The zero-order valence-electron chi connectivity index (χ0n) is 5.94. The van der Waals surface area contributed by atoms with Crippen LogP contribution < -0.4 is 0 Å². The summed E-state index contributed by atoms with van der Waals surface area (Å²) in [5, 5.41) is 22.3. The van der Waals surface area contributed by atoms with Crippen molar-refractivity contribution in [1.82, 2.24) is 0 Å². The Balaban J connectivity index is 3.05. The Bertz CT molecular complexity index is 356. The van der Waals surface area contributed by atoms with E-state index in [4.69, 9.17) is 16.9 Å². The van der Waals surface area contributed by atoms with Crippen LogP contribution in [0.1, 0.15) is 0 Å². The number of hydrogen-bond acceptors (Lipinski definition) is 3. The molecule has 0 aliphatic rings. The van der Waals surface area contributed by atoms with Gasteiger partial charge < -0.3 is 5.21 Å². The van der Waals surface area contributed by atoms with Gasteiger partial charge in [0.1, 0.15) is 0 Å². The molecule has 0 spiro atoms. The molecule has 0 radical (unpaired) electrons. The molecule has 12 heavy (non-hydrogen) atoms. The van der Waals surface area contributed by atoms with E-state index in [1.165, 1.54) is 18.3 Å². The van der Waals surface area contributed by atoms with E-state index in [1.807, 2.05) is 0 Å². The first-order valence-corrected chi connectivity index (χ1v) is 3.44. The Hall–Kier alpha value is -1.60. The molecule has 60 valence electrons. The summed E-state index contributed by atoms with van der Waals surface area (Å²) < 4.78 is 0. The van der Waals surface area contributed by atoms with Gasteiger partial charge in [0.2, 0.25) is 5.69 Å². The van der Waals surface area contributed by atoms with Gasteiger partial charge in [0, 0.05) is 17.2 Å². The lowest BCUT2D eigenvalue weighted by Crippen LogP contribution is -1.88. The molecule has 0 amide bonds. The first-order chi connectivity index (χ1) is 5.74. The van der Waals surface area contributed by atoms with Crippen LogP contribution in [0, 0.1) is 16.7 Å². The Kier molecular flexibility index (Phi) is 2.62. The molecule has 0 unspecified atom stereocenters. The average Bonchev–Trinajstić information content (AvgIpc) is 2.05. The van der Waals surface area contributed by atoms with Gasteiger partial charge in [-0.25, -0.2) is 0 Å². The molecule has 1 aromatic carbocycles. The molecule has 0 fully saturated rings. The number of nitrogens with zero attached hydrogens (tertiary/aromatic N) is 3. The molecule has 0 saturated heterocycles. The van der Waals surface area contributed by atoms with Gasteiger partial charge in [-0.3, -0.25) is 0 Å². The summed E-state index contributed by atoms with van der Waals surface area (Å²) >= 11 is 5.60. The smallest absolute Gasteiger partial charge is 0.274 e. The summed E-state index contributed by atoms with van der Waals surface area (Å²) in [6.45, 7) is 0. The van der Waals surface area contributed by atoms with Crippen LogP contribution in [0.2, 0.25) is 5.02 Å². The van der Waals surface area contributed by atoms with E-state index in [9.17, 15) is 5.21 Å². The van der Waals surface area contributed by atoms with Crippen molar-refractivity contribution in [2.45, 2.75) is 0 Å². The molecule has 0 bridgehead atoms. The fourth-order valence-corrected chi connectivity index (χ4v) is 0.878. The van der Waals surface area contributed by atoms with Gasteiger partial charge in [0.15, 0.2) is 0 Å². The van der Waals surface area contributed by atoms with E-state index in [-0.39, 0.29) is 10.5 Å². The predicted molar refractivity (Wildman–Crippen MR) is 42.8 cm³/mol. The van der Waals surface area contributed by atoms with E-state index in [0.717, 1.165) is 0 Å². The Morgan fingerprint density at radius 2 is 2.33 bits per heavy atom. The quantitative estimate of drug-likeness (QED) is 0.289. The number of hydrogen-bond donors (Lipinski definition) is 0. The molecule has 0 saturated carbocycles. The molecule has 0 N–H and O–H groups in total. The summed E-state index contributed by atoms with van der Waals surface area (Å²) in [6, 6.07) is 6.18. The largest absolute Gasteiger partial charge is 0.593 e. The van der Waals surface area contributed by atoms with Crippen molar-refractivity contribution in [2.24, 2.45) is 5.11 Å². The summed E-state index contributed by atoms with van der Waals surface area (Å²) in [6.07, 6.45) is 1.38. The maximum absolute atomic E-state index is 10.9. The van der Waals surface area contributed by atoms with Crippen molar-refractivity contribution >= 4 is 17.3 Å². The van der Waals surface area contributed by atoms with Gasteiger partial charge in [-0.15, -0.1) is 0 Å². The summed E-state index contributed by atoms with van der Waals surface area (Å²) in [4.78, 5) is 0.214. The van der Waals surface area contributed by atoms with Crippen LogP contribution in [0.3, 0.4) is 0 Å². The minimum atomic E-state index is 0.214. The van der Waals surface area contributed by atoms with E-state index < -0.39 is 0 Å². The van der Waals surface area contributed by atoms with Crippen LogP contribution >= 0.6 is 11.6 Å². The molecule has 1 aromatic rings. The molecule has 1 rings (SSSR count). The van der Waals surface area contributed by atoms with Crippen molar-refractivity contribution in [3.05, 3.63) is 34.5 Å². The maximum atomic E-state index is 10.9. The fourth-order valence-electron chi connectivity index (χ4n) is 0.693. The second-order valence-electron chi connectivity index (χ2n) is 1.95. The number of azo groups is 1. The number of nitriles is 1. The van der Waals surface area contributed by atoms with Gasteiger partial charge in [0.05, 0.1) is 5.11 Å². The van der Waals surface area contributed by atoms with Crippen molar-refractivity contribution in [1.29, 1.82) is 5.26 Å². The third kappa shape index (κ3) is 1.94. The molecule has 0 aliphatic heterocycles. The first-order valence-electron chi connectivity index (χ1n) is 3.06. The van der Waals surface area contributed by atoms with Gasteiger partial charge in [-0.1, -0.05) is 17.7 Å². The van der Waals surface area contributed by atoms with E-state index in [1.54, 1.807) is 12.1 Å². The molecule has 4 nitrogen and oxygen atoms in total. The SMILES string of the molecule is N#CN=[N+]([O-])c1cccc(Cl)c1. The zero-order valence-corrected chi connectivity index (χ0v) is 6.69. The first kappa shape index (κ1) is 8.50. The van der Waals surface area contributed by atoms with Crippen LogP contribution in [-0.4, -0.2) is 4.86 Å². The molecule has 0 atom stereocenters. The molecule has 5 heteroatoms. The number of rotatable bonds is 1. The standard InChI is InChI=1S/C7H4ClN3O/c8-6-2-1-3-7(4-6)11(12)10-5-9/h1-4H. The third-order valence-electron chi connectivity index (χ3n) is 1.16. The van der Waals surface area contributed by atoms with Crippen molar-refractivity contribution in [3.63, 3.8) is 0 Å². The molecule has 0 heterocycles. The van der Waals surface area contributed by atoms with Crippen LogP contribution in [0.15, 0.2) is 29.4 Å². The Labute approximate surface area is 73.9 Å². The van der Waals surface area contributed by atoms with E-state index in [0.29, 0.717) is 5.02 Å². The summed E-state index contributed by atoms with van der Waals surface area (Å²) in [7, 11) is 0. The second-order valence-corrected chi connectivity index (χ2v) is 2.39. The molecule has 0 aliphatic carbocycles. The highest BCUT2D eigenvalue weighted by molar-refractivity contribution is 6.30. The average molecular weight is 182 g/mol. The fraction of sp³-hybridized carbons (Fsp3) is 0. The highest BCUT2D eigenvalue weighted by atomic mass is 35.5. The minimum Gasteiger partial charge on any atom is -0.593 e. The van der Waals surface area contributed by atoms with E-state index >= 15 is 0 Å². The highest BCUT2D eigenvalue weighted by Gasteiger charge is 2.02. The van der Waals surface area contributed by atoms with E-state index in [2.05, 4.69) is 5.11 Å². The highest BCUT2D eigenvalue weighted by Crippen LogP contribution is 2.17. The lowest BCUT2D eigenvalue weighted by Gasteiger charge is -1.95. The van der Waals surface area contributed by atoms with Crippen LogP contribution in [0.25, 0.3) is 0 Å². The molecular weight excluding hydrogens is 178 g/mol. The van der Waals surface area contributed by atoms with Crippen LogP contribution in [-0.2, 0) is 0 Å². The van der Waals surface area contributed by atoms with Crippen LogP contribution in [0.4, 0.5) is 5.69 Å². The van der Waals surface area contributed by atoms with Crippen molar-refractivity contribution < 1.29 is 4.86 Å². The normalized spacial score (nSPS) is 10.8. The van der Waals surface area contributed by atoms with Gasteiger partial charge in [-0.05, 0) is 10.9 Å². The monoisotopic (exact) mass is 181 g/mol. The molecular formula is C7H4ClN3O. The summed E-state index contributed by atoms with van der Waals surface area (Å²) in [5.74, 6) is 0. The van der Waals surface area contributed by atoms with Gasteiger partial charge in [-0.2, -0.15) is 5.26 Å². The zero-order chi connectivity index (χ0) is 8.97. The van der Waals surface area contributed by atoms with Gasteiger partial charge in [0.25, 0.3) is 6.19 Å². The van der Waals surface area contributed by atoms with Crippen molar-refractivity contribution in [2.75, 3.05) is 0 Å². The number of halogens is 1. The summed E-state index contributed by atoms with van der Waals surface area (Å²) in [5.41, 5.74) is 0.240. The third-order valence-corrected chi connectivity index (χ3v) is 1.40. The Morgan fingerprint density at radius 3 is 2.92 bits per heavy atom. The number of benzene rings is 1. The van der Waals surface area contributed by atoms with Crippen LogP contribution in [0.5, 0.6) is 0 Å². The van der Waals surface area contributed by atoms with Crippen molar-refractivity contribution in [3.8, 4) is 6.19 Å².